The number of fused-ring (bicyclic) bond motifs is 1. The highest BCUT2D eigenvalue weighted by atomic mass is 32.1. The fraction of sp³-hybridized carbons (Fsp3) is 0.188. The van der Waals surface area contributed by atoms with Gasteiger partial charge >= 0.3 is 0 Å². The van der Waals surface area contributed by atoms with E-state index in [1.54, 1.807) is 13.0 Å². The molecule has 0 unspecified atom stereocenters. The number of nitrogens with one attached hydrogen (secondary N) is 2. The van der Waals surface area contributed by atoms with Crippen LogP contribution in [0.2, 0.25) is 0 Å². The molecule has 6 nitrogen and oxygen atoms in total. The van der Waals surface area contributed by atoms with Crippen LogP contribution in [0.5, 0.6) is 0 Å². The van der Waals surface area contributed by atoms with Crippen molar-refractivity contribution in [3.05, 3.63) is 47.9 Å². The number of carbonyl (C=O) groups is 1. The molecule has 0 spiro atoms. The molecule has 2 N–H and O–H groups in total. The molecule has 0 saturated carbocycles. The van der Waals surface area contributed by atoms with Crippen LogP contribution in [-0.2, 0) is 4.79 Å². The van der Waals surface area contributed by atoms with Crippen molar-refractivity contribution < 1.29 is 9.21 Å². The molecule has 0 saturated heterocycles. The van der Waals surface area contributed by atoms with Gasteiger partial charge in [0.05, 0.1) is 16.4 Å². The summed E-state index contributed by atoms with van der Waals surface area (Å²) in [6.07, 6.45) is 1.47. The molecule has 23 heavy (non-hydrogen) atoms. The van der Waals surface area contributed by atoms with E-state index in [-0.39, 0.29) is 5.91 Å². The number of furan rings is 1. The molecule has 0 aliphatic heterocycles. The second-order valence-corrected chi connectivity index (χ2v) is 6.07. The van der Waals surface area contributed by atoms with Gasteiger partial charge in [-0.1, -0.05) is 23.5 Å². The Labute approximate surface area is 137 Å². The predicted octanol–water partition coefficient (Wildman–Crippen LogP) is 3.15. The van der Waals surface area contributed by atoms with E-state index in [1.807, 2.05) is 37.3 Å². The fourth-order valence-electron chi connectivity index (χ4n) is 1.96. The summed E-state index contributed by atoms with van der Waals surface area (Å²) in [5, 5.41) is 7.67. The highest BCUT2D eigenvalue weighted by Crippen LogP contribution is 2.25. The van der Waals surface area contributed by atoms with Crippen LogP contribution in [0.4, 0.5) is 5.13 Å². The van der Waals surface area contributed by atoms with Crippen molar-refractivity contribution in [3.63, 3.8) is 0 Å². The predicted molar refractivity (Wildman–Crippen MR) is 91.9 cm³/mol. The molecule has 7 heteroatoms. The van der Waals surface area contributed by atoms with E-state index in [2.05, 4.69) is 20.8 Å². The van der Waals surface area contributed by atoms with E-state index in [9.17, 15) is 4.79 Å². The molecule has 0 aliphatic rings. The summed E-state index contributed by atoms with van der Waals surface area (Å²) in [4.78, 5) is 16.5. The summed E-state index contributed by atoms with van der Waals surface area (Å²) in [5.74, 6) is 1.14. The van der Waals surface area contributed by atoms with Crippen molar-refractivity contribution in [2.24, 2.45) is 5.10 Å². The molecule has 3 rings (SSSR count). The molecule has 0 aliphatic carbocycles. The van der Waals surface area contributed by atoms with Crippen LogP contribution in [0, 0.1) is 6.92 Å². The summed E-state index contributed by atoms with van der Waals surface area (Å²) in [5.41, 5.74) is 3.39. The van der Waals surface area contributed by atoms with Gasteiger partial charge in [-0.05, 0) is 38.1 Å². The summed E-state index contributed by atoms with van der Waals surface area (Å²) >= 11 is 1.51. The summed E-state index contributed by atoms with van der Waals surface area (Å²) < 4.78 is 6.41. The van der Waals surface area contributed by atoms with Gasteiger partial charge in [-0.15, -0.1) is 0 Å². The molecular formula is C16H16N4O2S. The highest BCUT2D eigenvalue weighted by Gasteiger charge is 2.14. The van der Waals surface area contributed by atoms with Crippen molar-refractivity contribution in [2.75, 3.05) is 5.32 Å². The number of hydrogen-bond donors (Lipinski definition) is 2. The van der Waals surface area contributed by atoms with Gasteiger partial charge in [0.15, 0.2) is 5.13 Å². The average Bonchev–Trinajstić information content (AvgIpc) is 3.12. The van der Waals surface area contributed by atoms with Crippen molar-refractivity contribution >= 4 is 38.8 Å². The van der Waals surface area contributed by atoms with E-state index < -0.39 is 6.04 Å². The first-order valence-electron chi connectivity index (χ1n) is 7.13. The van der Waals surface area contributed by atoms with Crippen LogP contribution < -0.4 is 10.7 Å². The zero-order chi connectivity index (χ0) is 16.2. The maximum atomic E-state index is 12.0. The number of anilines is 1. The van der Waals surface area contributed by atoms with Gasteiger partial charge in [0.25, 0.3) is 5.91 Å². The second kappa shape index (κ2) is 6.62. The normalized spacial score (nSPS) is 12.6. The van der Waals surface area contributed by atoms with Crippen molar-refractivity contribution in [2.45, 2.75) is 19.9 Å². The molecular weight excluding hydrogens is 312 g/mol. The van der Waals surface area contributed by atoms with Gasteiger partial charge in [0.1, 0.15) is 17.6 Å². The van der Waals surface area contributed by atoms with Gasteiger partial charge in [0, 0.05) is 0 Å². The van der Waals surface area contributed by atoms with E-state index in [4.69, 9.17) is 4.42 Å². The minimum absolute atomic E-state index is 0.246. The first-order chi connectivity index (χ1) is 11.1. The largest absolute Gasteiger partial charge is 0.460 e. The van der Waals surface area contributed by atoms with Crippen LogP contribution in [0.1, 0.15) is 18.4 Å². The van der Waals surface area contributed by atoms with E-state index >= 15 is 0 Å². The van der Waals surface area contributed by atoms with Crippen molar-refractivity contribution in [1.29, 1.82) is 0 Å². The molecule has 0 radical (unpaired) electrons. The lowest BCUT2D eigenvalue weighted by Crippen LogP contribution is -2.34. The number of nitrogens with zero attached hydrogens (tertiary/aromatic N) is 2. The van der Waals surface area contributed by atoms with Gasteiger partial charge < -0.3 is 9.73 Å². The van der Waals surface area contributed by atoms with E-state index in [1.165, 1.54) is 17.6 Å². The topological polar surface area (TPSA) is 79.5 Å². The lowest BCUT2D eigenvalue weighted by molar-refractivity contribution is -0.121. The Morgan fingerprint density at radius 3 is 2.91 bits per heavy atom. The van der Waals surface area contributed by atoms with Crippen molar-refractivity contribution in [1.82, 2.24) is 10.4 Å². The zero-order valence-corrected chi connectivity index (χ0v) is 13.6. The first kappa shape index (κ1) is 15.2. The summed E-state index contributed by atoms with van der Waals surface area (Å²) in [6, 6.07) is 11.0. The Kier molecular flexibility index (Phi) is 4.38. The highest BCUT2D eigenvalue weighted by molar-refractivity contribution is 7.22. The maximum Gasteiger partial charge on any atom is 0.262 e. The number of hydrazone groups is 1. The molecule has 1 atom stereocenters. The summed E-state index contributed by atoms with van der Waals surface area (Å²) in [7, 11) is 0. The molecule has 2 aromatic heterocycles. The smallest absolute Gasteiger partial charge is 0.262 e. The molecule has 2 heterocycles. The quantitative estimate of drug-likeness (QED) is 0.557. The molecule has 1 aromatic carbocycles. The first-order valence-corrected chi connectivity index (χ1v) is 7.95. The minimum atomic E-state index is -0.453. The fourth-order valence-corrected chi connectivity index (χ4v) is 2.92. The Balaban J connectivity index is 1.57. The molecule has 0 bridgehead atoms. The lowest BCUT2D eigenvalue weighted by Gasteiger charge is -2.10. The number of hydrogen-bond acceptors (Lipinski definition) is 6. The van der Waals surface area contributed by atoms with E-state index in [0.29, 0.717) is 10.9 Å². The number of thiazole rings is 1. The van der Waals surface area contributed by atoms with E-state index in [0.717, 1.165) is 16.0 Å². The Hall–Kier alpha value is -2.67. The van der Waals surface area contributed by atoms with Crippen LogP contribution >= 0.6 is 11.3 Å². The number of para-hydroxylation sites is 1. The number of rotatable bonds is 5. The number of aryl methyl sites for hydroxylation is 1. The SMILES string of the molecule is Cc1ccc(/C=N\NC(=O)[C@H](C)Nc2nc3ccccc3s2)o1. The standard InChI is InChI=1S/C16H16N4O2S/c1-10-7-8-12(22-10)9-17-20-15(21)11(2)18-16-19-13-5-3-4-6-14(13)23-16/h3-9,11H,1-2H3,(H,18,19)(H,20,21)/b17-9-/t11-/m0/s1. The number of aromatic nitrogens is 1. The number of benzene rings is 1. The summed E-state index contributed by atoms with van der Waals surface area (Å²) in [6.45, 7) is 3.61. The molecule has 3 aromatic rings. The third-order valence-corrected chi connectivity index (χ3v) is 4.12. The van der Waals surface area contributed by atoms with Gasteiger partial charge in [0.2, 0.25) is 0 Å². The van der Waals surface area contributed by atoms with Gasteiger partial charge in [-0.2, -0.15) is 5.10 Å². The molecule has 0 fully saturated rings. The average molecular weight is 328 g/mol. The monoisotopic (exact) mass is 328 g/mol. The Bertz CT molecular complexity index is 820. The lowest BCUT2D eigenvalue weighted by atomic mass is 10.3. The van der Waals surface area contributed by atoms with Crippen LogP contribution in [0.25, 0.3) is 10.2 Å². The minimum Gasteiger partial charge on any atom is -0.460 e. The number of amides is 1. The molecule has 118 valence electrons. The maximum absolute atomic E-state index is 12.0. The second-order valence-electron chi connectivity index (χ2n) is 5.04. The third kappa shape index (κ3) is 3.75. The van der Waals surface area contributed by atoms with Crippen LogP contribution in [-0.4, -0.2) is 23.1 Å². The Morgan fingerprint density at radius 2 is 2.17 bits per heavy atom. The number of carbonyl (C=O) groups excluding carboxylic acids is 1. The van der Waals surface area contributed by atoms with Gasteiger partial charge in [-0.3, -0.25) is 4.79 Å². The van der Waals surface area contributed by atoms with Crippen LogP contribution in [0.15, 0.2) is 45.9 Å². The zero-order valence-electron chi connectivity index (χ0n) is 12.7. The molecule has 1 amide bonds. The van der Waals surface area contributed by atoms with Crippen LogP contribution in [0.3, 0.4) is 0 Å². The Morgan fingerprint density at radius 1 is 1.35 bits per heavy atom. The van der Waals surface area contributed by atoms with Gasteiger partial charge in [-0.25, -0.2) is 10.4 Å². The third-order valence-electron chi connectivity index (χ3n) is 3.15. The van der Waals surface area contributed by atoms with Crippen molar-refractivity contribution in [3.8, 4) is 0 Å².